The van der Waals surface area contributed by atoms with Crippen LogP contribution in [0.15, 0.2) is 78.9 Å². The summed E-state index contributed by atoms with van der Waals surface area (Å²) in [5.74, 6) is 0.258. The molecule has 0 radical (unpaired) electrons. The molecule has 2 atom stereocenters. The van der Waals surface area contributed by atoms with Gasteiger partial charge in [-0.2, -0.15) is 0 Å². The van der Waals surface area contributed by atoms with E-state index in [0.717, 1.165) is 19.5 Å². The summed E-state index contributed by atoms with van der Waals surface area (Å²) in [6.07, 6.45) is 1.12. The molecule has 1 heterocycles. The van der Waals surface area contributed by atoms with Crippen LogP contribution in [0.25, 0.3) is 0 Å². The maximum atomic E-state index is 13.3. The molecule has 0 saturated carbocycles. The van der Waals surface area contributed by atoms with E-state index in [4.69, 9.17) is 0 Å². The highest BCUT2D eigenvalue weighted by Crippen LogP contribution is 2.25. The van der Waals surface area contributed by atoms with Crippen molar-refractivity contribution in [1.82, 2.24) is 4.90 Å². The second-order valence-corrected chi connectivity index (χ2v) is 9.47. The Labute approximate surface area is 211 Å². The molecule has 186 valence electrons. The Bertz CT molecular complexity index is 1220. The Hall–Kier alpha value is -4.13. The van der Waals surface area contributed by atoms with E-state index >= 15 is 0 Å². The standard InChI is InChI=1S/C29H32N4O3/c1-20-16-21(2)19-33(18-20)29(36)24-13-7-8-14-25(24)30-17-27(34)32-26-15-9-6-12-23(26)28(35)31-22-10-4-3-5-11-22/h3-15,20-21,30H,16-19H2,1-2H3,(H,31,35)(H,32,34). The molecule has 3 aromatic rings. The third-order valence-electron chi connectivity index (χ3n) is 6.23. The second-order valence-electron chi connectivity index (χ2n) is 9.47. The normalized spacial score (nSPS) is 17.2. The van der Waals surface area contributed by atoms with Gasteiger partial charge in [0.25, 0.3) is 11.8 Å². The molecule has 0 aliphatic carbocycles. The van der Waals surface area contributed by atoms with Crippen molar-refractivity contribution in [3.63, 3.8) is 0 Å². The van der Waals surface area contributed by atoms with Crippen LogP contribution in [-0.4, -0.2) is 42.3 Å². The third kappa shape index (κ3) is 6.30. The van der Waals surface area contributed by atoms with Gasteiger partial charge in [0.05, 0.1) is 23.4 Å². The van der Waals surface area contributed by atoms with Crippen LogP contribution in [-0.2, 0) is 4.79 Å². The summed E-state index contributed by atoms with van der Waals surface area (Å²) in [5, 5.41) is 8.76. The fourth-order valence-electron chi connectivity index (χ4n) is 4.70. The van der Waals surface area contributed by atoms with Crippen molar-refractivity contribution >= 4 is 34.8 Å². The predicted octanol–water partition coefficient (Wildman–Crippen LogP) is 5.11. The highest BCUT2D eigenvalue weighted by molar-refractivity contribution is 6.10. The zero-order valence-electron chi connectivity index (χ0n) is 20.7. The molecular weight excluding hydrogens is 452 g/mol. The van der Waals surface area contributed by atoms with E-state index < -0.39 is 0 Å². The molecule has 7 heteroatoms. The third-order valence-corrected chi connectivity index (χ3v) is 6.23. The number of nitrogens with zero attached hydrogens (tertiary/aromatic N) is 1. The average Bonchev–Trinajstić information content (AvgIpc) is 2.87. The Morgan fingerprint density at radius 1 is 0.750 bits per heavy atom. The van der Waals surface area contributed by atoms with Crippen molar-refractivity contribution in [2.75, 3.05) is 35.6 Å². The van der Waals surface area contributed by atoms with E-state index in [0.29, 0.717) is 40.0 Å². The van der Waals surface area contributed by atoms with E-state index in [-0.39, 0.29) is 24.3 Å². The van der Waals surface area contributed by atoms with Gasteiger partial charge in [0.2, 0.25) is 5.91 Å². The molecule has 4 rings (SSSR count). The lowest BCUT2D eigenvalue weighted by Gasteiger charge is -2.35. The molecule has 1 saturated heterocycles. The van der Waals surface area contributed by atoms with Crippen molar-refractivity contribution < 1.29 is 14.4 Å². The topological polar surface area (TPSA) is 90.5 Å². The van der Waals surface area contributed by atoms with Crippen molar-refractivity contribution in [2.45, 2.75) is 20.3 Å². The van der Waals surface area contributed by atoms with Crippen molar-refractivity contribution in [1.29, 1.82) is 0 Å². The quantitative estimate of drug-likeness (QED) is 0.435. The number of para-hydroxylation sites is 3. The van der Waals surface area contributed by atoms with Crippen molar-refractivity contribution in [3.05, 3.63) is 90.0 Å². The van der Waals surface area contributed by atoms with Gasteiger partial charge in [0, 0.05) is 24.5 Å². The number of anilines is 3. The first-order chi connectivity index (χ1) is 17.4. The molecule has 1 fully saturated rings. The number of likely N-dealkylation sites (tertiary alicyclic amines) is 1. The summed E-state index contributed by atoms with van der Waals surface area (Å²) in [5.41, 5.74) is 2.61. The van der Waals surface area contributed by atoms with Crippen LogP contribution in [0.1, 0.15) is 41.0 Å². The van der Waals surface area contributed by atoms with Crippen LogP contribution in [0.5, 0.6) is 0 Å². The Balaban J connectivity index is 1.41. The summed E-state index contributed by atoms with van der Waals surface area (Å²) in [4.78, 5) is 40.7. The summed E-state index contributed by atoms with van der Waals surface area (Å²) in [6, 6.07) is 23.3. The highest BCUT2D eigenvalue weighted by atomic mass is 16.2. The molecule has 7 nitrogen and oxygen atoms in total. The minimum Gasteiger partial charge on any atom is -0.376 e. The maximum Gasteiger partial charge on any atom is 0.257 e. The van der Waals surface area contributed by atoms with E-state index in [1.165, 1.54) is 0 Å². The van der Waals surface area contributed by atoms with E-state index in [1.54, 1.807) is 48.5 Å². The summed E-state index contributed by atoms with van der Waals surface area (Å²) >= 11 is 0. The molecule has 1 aliphatic heterocycles. The molecule has 0 bridgehead atoms. The van der Waals surface area contributed by atoms with Crippen LogP contribution in [0.3, 0.4) is 0 Å². The fourth-order valence-corrected chi connectivity index (χ4v) is 4.70. The number of carbonyl (C=O) groups excluding carboxylic acids is 3. The average molecular weight is 485 g/mol. The number of piperidine rings is 1. The van der Waals surface area contributed by atoms with Gasteiger partial charge in [-0.15, -0.1) is 0 Å². The lowest BCUT2D eigenvalue weighted by molar-refractivity contribution is -0.114. The number of nitrogens with one attached hydrogen (secondary N) is 3. The van der Waals surface area contributed by atoms with Crippen LogP contribution in [0.2, 0.25) is 0 Å². The Kier molecular flexibility index (Phi) is 8.00. The summed E-state index contributed by atoms with van der Waals surface area (Å²) < 4.78 is 0. The zero-order chi connectivity index (χ0) is 25.5. The molecule has 1 aliphatic rings. The minimum absolute atomic E-state index is 0.0279. The first kappa shape index (κ1) is 25.0. The molecular formula is C29H32N4O3. The predicted molar refractivity (Wildman–Crippen MR) is 143 cm³/mol. The van der Waals surface area contributed by atoms with Gasteiger partial charge in [-0.1, -0.05) is 56.3 Å². The number of benzene rings is 3. The monoisotopic (exact) mass is 484 g/mol. The van der Waals surface area contributed by atoms with Gasteiger partial charge < -0.3 is 20.9 Å². The molecule has 3 N–H and O–H groups in total. The number of amides is 3. The number of carbonyl (C=O) groups is 3. The van der Waals surface area contributed by atoms with Gasteiger partial charge in [-0.25, -0.2) is 0 Å². The largest absolute Gasteiger partial charge is 0.376 e. The van der Waals surface area contributed by atoms with Gasteiger partial charge in [-0.05, 0) is 54.7 Å². The van der Waals surface area contributed by atoms with Crippen LogP contribution in [0.4, 0.5) is 17.1 Å². The van der Waals surface area contributed by atoms with Crippen LogP contribution < -0.4 is 16.0 Å². The van der Waals surface area contributed by atoms with E-state index in [9.17, 15) is 14.4 Å². The summed E-state index contributed by atoms with van der Waals surface area (Å²) in [6.45, 7) is 5.76. The van der Waals surface area contributed by atoms with Crippen LogP contribution >= 0.6 is 0 Å². The second kappa shape index (κ2) is 11.5. The fraction of sp³-hybridized carbons (Fsp3) is 0.276. The number of hydrogen-bond acceptors (Lipinski definition) is 4. The Morgan fingerprint density at radius 3 is 2.03 bits per heavy atom. The van der Waals surface area contributed by atoms with Crippen molar-refractivity contribution in [2.24, 2.45) is 11.8 Å². The molecule has 3 amide bonds. The minimum atomic E-state index is -0.322. The summed E-state index contributed by atoms with van der Waals surface area (Å²) in [7, 11) is 0. The van der Waals surface area contributed by atoms with Crippen molar-refractivity contribution in [3.8, 4) is 0 Å². The lowest BCUT2D eigenvalue weighted by atomic mass is 9.91. The smallest absolute Gasteiger partial charge is 0.257 e. The van der Waals surface area contributed by atoms with Gasteiger partial charge >= 0.3 is 0 Å². The SMILES string of the molecule is CC1CC(C)CN(C(=O)c2ccccc2NCC(=O)Nc2ccccc2C(=O)Nc2ccccc2)C1. The maximum absolute atomic E-state index is 13.3. The van der Waals surface area contributed by atoms with E-state index in [2.05, 4.69) is 29.8 Å². The number of rotatable bonds is 7. The molecule has 2 unspecified atom stereocenters. The van der Waals surface area contributed by atoms with Crippen LogP contribution in [0, 0.1) is 11.8 Å². The molecule has 36 heavy (non-hydrogen) atoms. The first-order valence-corrected chi connectivity index (χ1v) is 12.3. The Morgan fingerprint density at radius 2 is 1.33 bits per heavy atom. The van der Waals surface area contributed by atoms with Gasteiger partial charge in [0.15, 0.2) is 0 Å². The van der Waals surface area contributed by atoms with Gasteiger partial charge in [-0.3, -0.25) is 14.4 Å². The highest BCUT2D eigenvalue weighted by Gasteiger charge is 2.27. The number of hydrogen-bond donors (Lipinski definition) is 3. The van der Waals surface area contributed by atoms with E-state index in [1.807, 2.05) is 35.2 Å². The lowest BCUT2D eigenvalue weighted by Crippen LogP contribution is -2.42. The first-order valence-electron chi connectivity index (χ1n) is 12.3. The zero-order valence-corrected chi connectivity index (χ0v) is 20.7. The van der Waals surface area contributed by atoms with Gasteiger partial charge in [0.1, 0.15) is 0 Å². The molecule has 3 aromatic carbocycles. The molecule has 0 aromatic heterocycles. The molecule has 0 spiro atoms.